The summed E-state index contributed by atoms with van der Waals surface area (Å²) in [5.74, 6) is -0.0899. The standard InChI is InChI=1S/C22H24N6O3S/c1-15-5-7-16(8-6-15)23-22(32)25-24-20-18-13-17(28(30)31)9-10-19(18)27(21(20)29)14-26-11-3-2-4-12-26/h5-10,13,29H,2-4,11-12,14H2,1H3,(H,23,32). The zero-order valence-corrected chi connectivity index (χ0v) is 18.5. The quantitative estimate of drug-likeness (QED) is 0.229. The third kappa shape index (κ3) is 4.76. The molecule has 166 valence electrons. The second-order valence-electron chi connectivity index (χ2n) is 7.88. The minimum atomic E-state index is -0.469. The molecule has 0 amide bonds. The first kappa shape index (κ1) is 21.8. The van der Waals surface area contributed by atoms with Gasteiger partial charge in [-0.25, -0.2) is 0 Å². The summed E-state index contributed by atoms with van der Waals surface area (Å²) in [7, 11) is 0. The number of benzene rings is 2. The van der Waals surface area contributed by atoms with Gasteiger partial charge in [-0.15, -0.1) is 10.2 Å². The number of azo groups is 1. The summed E-state index contributed by atoms with van der Waals surface area (Å²) < 4.78 is 1.72. The number of aromatic hydroxyl groups is 1. The van der Waals surface area contributed by atoms with Crippen LogP contribution in [0.3, 0.4) is 0 Å². The van der Waals surface area contributed by atoms with Gasteiger partial charge in [-0.1, -0.05) is 24.1 Å². The monoisotopic (exact) mass is 452 g/mol. The molecular weight excluding hydrogens is 428 g/mol. The number of likely N-dealkylation sites (tertiary alicyclic amines) is 1. The lowest BCUT2D eigenvalue weighted by Gasteiger charge is -2.27. The molecule has 0 unspecified atom stereocenters. The number of aromatic nitrogens is 1. The smallest absolute Gasteiger partial charge is 0.270 e. The summed E-state index contributed by atoms with van der Waals surface area (Å²) in [5.41, 5.74) is 2.63. The van der Waals surface area contributed by atoms with Crippen molar-refractivity contribution in [1.29, 1.82) is 0 Å². The fraction of sp³-hybridized carbons (Fsp3) is 0.318. The molecule has 1 aliphatic rings. The Morgan fingerprint density at radius 2 is 1.91 bits per heavy atom. The van der Waals surface area contributed by atoms with E-state index in [0.717, 1.165) is 37.2 Å². The Morgan fingerprint density at radius 3 is 2.59 bits per heavy atom. The third-order valence-corrected chi connectivity index (χ3v) is 5.72. The average Bonchev–Trinajstić information content (AvgIpc) is 3.05. The van der Waals surface area contributed by atoms with Gasteiger partial charge in [-0.2, -0.15) is 0 Å². The van der Waals surface area contributed by atoms with Gasteiger partial charge in [0.05, 0.1) is 17.1 Å². The number of nitro groups is 1. The van der Waals surface area contributed by atoms with E-state index in [1.165, 1.54) is 18.6 Å². The minimum absolute atomic E-state index is 0.0792. The topological polar surface area (TPSA) is 108 Å². The maximum Gasteiger partial charge on any atom is 0.270 e. The SMILES string of the molecule is Cc1ccc(NC(=S)N=Nc2c(O)n(CN3CCCCC3)c3ccc([N+](=O)[O-])cc23)cc1. The zero-order valence-electron chi connectivity index (χ0n) is 17.7. The predicted molar refractivity (Wildman–Crippen MR) is 128 cm³/mol. The number of fused-ring (bicyclic) bond motifs is 1. The lowest BCUT2D eigenvalue weighted by Crippen LogP contribution is -2.31. The van der Waals surface area contributed by atoms with Crippen LogP contribution in [0.15, 0.2) is 52.7 Å². The average molecular weight is 453 g/mol. The number of piperidine rings is 1. The molecule has 0 atom stereocenters. The predicted octanol–water partition coefficient (Wildman–Crippen LogP) is 5.49. The van der Waals surface area contributed by atoms with Crippen molar-refractivity contribution in [1.82, 2.24) is 9.47 Å². The molecule has 4 rings (SSSR count). The molecular formula is C22H24N6O3S. The van der Waals surface area contributed by atoms with E-state index in [4.69, 9.17) is 12.2 Å². The van der Waals surface area contributed by atoms with Gasteiger partial charge < -0.3 is 10.4 Å². The Kier molecular flexibility index (Phi) is 6.42. The number of anilines is 1. The number of nitro benzene ring substituents is 1. The van der Waals surface area contributed by atoms with Crippen molar-refractivity contribution < 1.29 is 10.0 Å². The number of thiocarbonyl (C=S) groups is 1. The highest BCUT2D eigenvalue weighted by Crippen LogP contribution is 2.40. The highest BCUT2D eigenvalue weighted by atomic mass is 32.1. The summed E-state index contributed by atoms with van der Waals surface area (Å²) in [6.45, 7) is 4.34. The number of nitrogens with one attached hydrogen (secondary N) is 1. The van der Waals surface area contributed by atoms with Crippen LogP contribution >= 0.6 is 12.2 Å². The summed E-state index contributed by atoms with van der Waals surface area (Å²) >= 11 is 5.26. The van der Waals surface area contributed by atoms with Crippen molar-refractivity contribution >= 4 is 45.3 Å². The molecule has 0 spiro atoms. The Bertz CT molecular complexity index is 1180. The fourth-order valence-corrected chi connectivity index (χ4v) is 4.01. The summed E-state index contributed by atoms with van der Waals surface area (Å²) in [5, 5.41) is 34.0. The maximum atomic E-state index is 11.3. The van der Waals surface area contributed by atoms with Gasteiger partial charge in [0.25, 0.3) is 5.69 Å². The van der Waals surface area contributed by atoms with Crippen LogP contribution in [0.25, 0.3) is 10.9 Å². The third-order valence-electron chi connectivity index (χ3n) is 5.54. The van der Waals surface area contributed by atoms with E-state index in [2.05, 4.69) is 20.4 Å². The van der Waals surface area contributed by atoms with Crippen LogP contribution in [0.5, 0.6) is 5.88 Å². The number of aryl methyl sites for hydroxylation is 1. The zero-order chi connectivity index (χ0) is 22.7. The van der Waals surface area contributed by atoms with Crippen LogP contribution in [0.1, 0.15) is 24.8 Å². The van der Waals surface area contributed by atoms with Gasteiger partial charge in [0, 0.05) is 23.2 Å². The molecule has 0 saturated carbocycles. The van der Waals surface area contributed by atoms with Gasteiger partial charge in [-0.3, -0.25) is 19.6 Å². The molecule has 0 bridgehead atoms. The highest BCUT2D eigenvalue weighted by Gasteiger charge is 2.22. The Morgan fingerprint density at radius 1 is 1.19 bits per heavy atom. The molecule has 1 saturated heterocycles. The van der Waals surface area contributed by atoms with Gasteiger partial charge >= 0.3 is 0 Å². The largest absolute Gasteiger partial charge is 0.493 e. The Labute approximate surface area is 190 Å². The fourth-order valence-electron chi connectivity index (χ4n) is 3.85. The van der Waals surface area contributed by atoms with E-state index in [0.29, 0.717) is 17.6 Å². The number of hydrogen-bond acceptors (Lipinski definition) is 6. The van der Waals surface area contributed by atoms with E-state index >= 15 is 0 Å². The van der Waals surface area contributed by atoms with E-state index in [-0.39, 0.29) is 22.4 Å². The van der Waals surface area contributed by atoms with Crippen molar-refractivity contribution in [3.63, 3.8) is 0 Å². The molecule has 2 heterocycles. The number of nitrogens with zero attached hydrogens (tertiary/aromatic N) is 5. The first-order valence-electron chi connectivity index (χ1n) is 10.4. The van der Waals surface area contributed by atoms with E-state index in [1.54, 1.807) is 10.6 Å². The molecule has 2 N–H and O–H groups in total. The molecule has 1 aliphatic heterocycles. The lowest BCUT2D eigenvalue weighted by molar-refractivity contribution is -0.384. The van der Waals surface area contributed by atoms with Gasteiger partial charge in [0.2, 0.25) is 11.0 Å². The maximum absolute atomic E-state index is 11.3. The Balaban J connectivity index is 1.66. The summed E-state index contributed by atoms with van der Waals surface area (Å²) in [4.78, 5) is 13.1. The van der Waals surface area contributed by atoms with Crippen molar-refractivity contribution in [3.8, 4) is 5.88 Å². The minimum Gasteiger partial charge on any atom is -0.493 e. The lowest BCUT2D eigenvalue weighted by atomic mass is 10.1. The first-order chi connectivity index (χ1) is 15.4. The second-order valence-corrected chi connectivity index (χ2v) is 8.26. The van der Waals surface area contributed by atoms with Gasteiger partial charge in [0.15, 0.2) is 5.69 Å². The molecule has 9 nitrogen and oxygen atoms in total. The van der Waals surface area contributed by atoms with E-state index < -0.39 is 4.92 Å². The second kappa shape index (κ2) is 9.41. The first-order valence-corrected chi connectivity index (χ1v) is 10.8. The van der Waals surface area contributed by atoms with Crippen molar-refractivity contribution in [2.45, 2.75) is 32.9 Å². The van der Waals surface area contributed by atoms with Crippen molar-refractivity contribution in [2.24, 2.45) is 10.2 Å². The normalized spacial score (nSPS) is 14.8. The highest BCUT2D eigenvalue weighted by molar-refractivity contribution is 7.80. The van der Waals surface area contributed by atoms with Crippen LogP contribution in [0, 0.1) is 17.0 Å². The Hall–Kier alpha value is -3.37. The number of rotatable bonds is 5. The molecule has 1 aromatic heterocycles. The molecule has 0 radical (unpaired) electrons. The van der Waals surface area contributed by atoms with Gasteiger partial charge in [0.1, 0.15) is 0 Å². The van der Waals surface area contributed by atoms with Gasteiger partial charge in [-0.05, 0) is 63.3 Å². The van der Waals surface area contributed by atoms with Crippen LogP contribution in [0.4, 0.5) is 17.1 Å². The molecule has 10 heteroatoms. The van der Waals surface area contributed by atoms with Crippen LogP contribution < -0.4 is 5.32 Å². The summed E-state index contributed by atoms with van der Waals surface area (Å²) in [6.07, 6.45) is 3.42. The molecule has 32 heavy (non-hydrogen) atoms. The van der Waals surface area contributed by atoms with E-state index in [9.17, 15) is 15.2 Å². The van der Waals surface area contributed by atoms with Crippen LogP contribution in [-0.2, 0) is 6.67 Å². The van der Waals surface area contributed by atoms with Crippen molar-refractivity contribution in [3.05, 3.63) is 58.1 Å². The summed E-state index contributed by atoms with van der Waals surface area (Å²) in [6, 6.07) is 12.1. The molecule has 1 fully saturated rings. The molecule has 0 aliphatic carbocycles. The number of non-ortho nitro benzene ring substituents is 1. The molecule has 3 aromatic rings. The van der Waals surface area contributed by atoms with E-state index in [1.807, 2.05) is 31.2 Å². The molecule has 2 aromatic carbocycles. The van der Waals surface area contributed by atoms with Crippen LogP contribution in [-0.4, -0.2) is 37.7 Å². The van der Waals surface area contributed by atoms with Crippen molar-refractivity contribution in [2.75, 3.05) is 18.4 Å². The van der Waals surface area contributed by atoms with Crippen LogP contribution in [0.2, 0.25) is 0 Å². The number of hydrogen-bond donors (Lipinski definition) is 2.